The van der Waals surface area contributed by atoms with Crippen LogP contribution in [0.1, 0.15) is 36.3 Å². The van der Waals surface area contributed by atoms with E-state index < -0.39 is 0 Å². The van der Waals surface area contributed by atoms with Gasteiger partial charge in [-0.2, -0.15) is 0 Å². The number of aromatic nitrogens is 1. The Hall–Kier alpha value is -0.940. The lowest BCUT2D eigenvalue weighted by Gasteiger charge is -2.18. The molecule has 84 valence electrons. The third kappa shape index (κ3) is 3.97. The van der Waals surface area contributed by atoms with Crippen molar-refractivity contribution < 1.29 is 4.79 Å². The van der Waals surface area contributed by atoms with E-state index in [2.05, 4.69) is 31.1 Å². The summed E-state index contributed by atoms with van der Waals surface area (Å²) in [4.78, 5) is 15.7. The van der Waals surface area contributed by atoms with Crippen molar-refractivity contribution in [2.45, 2.75) is 27.3 Å². The quantitative estimate of drug-likeness (QED) is 0.819. The highest BCUT2D eigenvalue weighted by molar-refractivity contribution is 7.09. The zero-order chi connectivity index (χ0) is 11.5. The smallest absolute Gasteiger partial charge is 0.270 e. The maximum Gasteiger partial charge on any atom is 0.270 e. The second-order valence-electron chi connectivity index (χ2n) is 4.57. The van der Waals surface area contributed by atoms with Gasteiger partial charge in [-0.1, -0.05) is 20.8 Å². The van der Waals surface area contributed by atoms with Crippen molar-refractivity contribution in [3.8, 4) is 0 Å². The van der Waals surface area contributed by atoms with Crippen LogP contribution in [0, 0.1) is 5.41 Å². The van der Waals surface area contributed by atoms with E-state index in [-0.39, 0.29) is 11.3 Å². The van der Waals surface area contributed by atoms with E-state index in [0.717, 1.165) is 5.01 Å². The molecule has 0 saturated heterocycles. The van der Waals surface area contributed by atoms with Gasteiger partial charge in [0.25, 0.3) is 5.91 Å². The molecule has 1 rings (SSSR count). The van der Waals surface area contributed by atoms with Gasteiger partial charge in [-0.25, -0.2) is 4.98 Å². The standard InChI is InChI=1S/C10H17N3OS/c1-10(2,3)6-12-9(14)7-5-15-8(4-11)13-7/h5H,4,6,11H2,1-3H3,(H,12,14). The van der Waals surface area contributed by atoms with Crippen LogP contribution in [0.3, 0.4) is 0 Å². The summed E-state index contributed by atoms with van der Waals surface area (Å²) in [7, 11) is 0. The van der Waals surface area contributed by atoms with Gasteiger partial charge in [0.05, 0.1) is 0 Å². The van der Waals surface area contributed by atoms with E-state index in [9.17, 15) is 4.79 Å². The highest BCUT2D eigenvalue weighted by Crippen LogP contribution is 2.12. The Balaban J connectivity index is 2.54. The number of nitrogens with zero attached hydrogens (tertiary/aromatic N) is 1. The van der Waals surface area contributed by atoms with E-state index in [4.69, 9.17) is 5.73 Å². The molecule has 0 aliphatic heterocycles. The summed E-state index contributed by atoms with van der Waals surface area (Å²) in [5.41, 5.74) is 5.97. The summed E-state index contributed by atoms with van der Waals surface area (Å²) in [6.07, 6.45) is 0. The fourth-order valence-corrected chi connectivity index (χ4v) is 1.60. The maximum absolute atomic E-state index is 11.6. The van der Waals surface area contributed by atoms with Crippen molar-refractivity contribution in [3.05, 3.63) is 16.1 Å². The van der Waals surface area contributed by atoms with Crippen molar-refractivity contribution in [1.29, 1.82) is 0 Å². The van der Waals surface area contributed by atoms with Crippen molar-refractivity contribution in [3.63, 3.8) is 0 Å². The summed E-state index contributed by atoms with van der Waals surface area (Å²) >= 11 is 1.41. The molecule has 1 aromatic heterocycles. The fraction of sp³-hybridized carbons (Fsp3) is 0.600. The first-order chi connectivity index (χ1) is 6.92. The van der Waals surface area contributed by atoms with Crippen LogP contribution < -0.4 is 11.1 Å². The Labute approximate surface area is 93.9 Å². The minimum absolute atomic E-state index is 0.0857. The van der Waals surface area contributed by atoms with Gasteiger partial charge in [-0.3, -0.25) is 4.79 Å². The first-order valence-electron chi connectivity index (χ1n) is 4.85. The third-order valence-electron chi connectivity index (χ3n) is 1.74. The molecule has 0 aliphatic rings. The second kappa shape index (κ2) is 4.72. The van der Waals surface area contributed by atoms with Crippen LogP contribution in [0.2, 0.25) is 0 Å². The van der Waals surface area contributed by atoms with Crippen LogP contribution in [-0.2, 0) is 6.54 Å². The molecule has 1 heterocycles. The zero-order valence-corrected chi connectivity index (χ0v) is 10.1. The van der Waals surface area contributed by atoms with Crippen LogP contribution in [-0.4, -0.2) is 17.4 Å². The monoisotopic (exact) mass is 227 g/mol. The molecule has 0 bridgehead atoms. The SMILES string of the molecule is CC(C)(C)CNC(=O)c1csc(CN)n1. The van der Waals surface area contributed by atoms with E-state index in [1.165, 1.54) is 11.3 Å². The van der Waals surface area contributed by atoms with E-state index in [1.807, 2.05) is 0 Å². The molecule has 0 aromatic carbocycles. The van der Waals surface area contributed by atoms with Gasteiger partial charge >= 0.3 is 0 Å². The molecule has 3 N–H and O–H groups in total. The highest BCUT2D eigenvalue weighted by atomic mass is 32.1. The lowest BCUT2D eigenvalue weighted by Crippen LogP contribution is -2.32. The Bertz CT molecular complexity index is 341. The van der Waals surface area contributed by atoms with Crippen LogP contribution in [0.15, 0.2) is 5.38 Å². The fourth-order valence-electron chi connectivity index (χ4n) is 0.945. The molecule has 0 fully saturated rings. The Kier molecular flexibility index (Phi) is 3.82. The maximum atomic E-state index is 11.6. The Morgan fingerprint density at radius 2 is 2.27 bits per heavy atom. The Morgan fingerprint density at radius 1 is 1.60 bits per heavy atom. The normalized spacial score (nSPS) is 11.5. The highest BCUT2D eigenvalue weighted by Gasteiger charge is 2.14. The molecule has 15 heavy (non-hydrogen) atoms. The van der Waals surface area contributed by atoms with Gasteiger partial charge in [0.15, 0.2) is 0 Å². The lowest BCUT2D eigenvalue weighted by molar-refractivity contribution is 0.0935. The molecule has 0 atom stereocenters. The average Bonchev–Trinajstić information content (AvgIpc) is 2.61. The number of carbonyl (C=O) groups excluding carboxylic acids is 1. The summed E-state index contributed by atoms with van der Waals surface area (Å²) in [5.74, 6) is -0.124. The number of thiazole rings is 1. The van der Waals surface area contributed by atoms with Gasteiger partial charge in [0, 0.05) is 18.5 Å². The van der Waals surface area contributed by atoms with Crippen LogP contribution in [0.25, 0.3) is 0 Å². The Morgan fingerprint density at radius 3 is 2.73 bits per heavy atom. The molecule has 0 radical (unpaired) electrons. The van der Waals surface area contributed by atoms with Crippen molar-refractivity contribution in [1.82, 2.24) is 10.3 Å². The number of hydrogen-bond acceptors (Lipinski definition) is 4. The molecule has 0 saturated carbocycles. The molecular formula is C10H17N3OS. The minimum atomic E-state index is -0.124. The van der Waals surface area contributed by atoms with E-state index in [0.29, 0.717) is 18.8 Å². The predicted molar refractivity (Wildman–Crippen MR) is 61.8 cm³/mol. The van der Waals surface area contributed by atoms with Crippen LogP contribution in [0.4, 0.5) is 0 Å². The minimum Gasteiger partial charge on any atom is -0.350 e. The zero-order valence-electron chi connectivity index (χ0n) is 9.33. The van der Waals surface area contributed by atoms with Crippen molar-refractivity contribution in [2.75, 3.05) is 6.54 Å². The van der Waals surface area contributed by atoms with Gasteiger partial charge in [-0.05, 0) is 5.41 Å². The molecule has 5 heteroatoms. The number of nitrogens with one attached hydrogen (secondary N) is 1. The third-order valence-corrected chi connectivity index (χ3v) is 2.61. The first kappa shape index (κ1) is 12.1. The number of carbonyl (C=O) groups is 1. The first-order valence-corrected chi connectivity index (χ1v) is 5.73. The van der Waals surface area contributed by atoms with Crippen LogP contribution >= 0.6 is 11.3 Å². The summed E-state index contributed by atoms with van der Waals surface area (Å²) in [6, 6.07) is 0. The molecule has 0 unspecified atom stereocenters. The van der Waals surface area contributed by atoms with Crippen molar-refractivity contribution >= 4 is 17.2 Å². The average molecular weight is 227 g/mol. The van der Waals surface area contributed by atoms with Gasteiger partial charge in [0.1, 0.15) is 10.7 Å². The molecule has 4 nitrogen and oxygen atoms in total. The second-order valence-corrected chi connectivity index (χ2v) is 5.52. The molecule has 0 aliphatic carbocycles. The molecule has 0 spiro atoms. The largest absolute Gasteiger partial charge is 0.350 e. The summed E-state index contributed by atoms with van der Waals surface area (Å²) in [5, 5.41) is 5.36. The van der Waals surface area contributed by atoms with E-state index in [1.54, 1.807) is 5.38 Å². The summed E-state index contributed by atoms with van der Waals surface area (Å²) in [6.45, 7) is 7.23. The molecular weight excluding hydrogens is 210 g/mol. The summed E-state index contributed by atoms with van der Waals surface area (Å²) < 4.78 is 0. The predicted octanol–water partition coefficient (Wildman–Crippen LogP) is 1.38. The number of rotatable bonds is 3. The van der Waals surface area contributed by atoms with E-state index >= 15 is 0 Å². The van der Waals surface area contributed by atoms with Gasteiger partial charge in [-0.15, -0.1) is 11.3 Å². The van der Waals surface area contributed by atoms with Crippen molar-refractivity contribution in [2.24, 2.45) is 11.1 Å². The topological polar surface area (TPSA) is 68.0 Å². The lowest BCUT2D eigenvalue weighted by atomic mass is 9.97. The van der Waals surface area contributed by atoms with Crippen LogP contribution in [0.5, 0.6) is 0 Å². The number of amides is 1. The van der Waals surface area contributed by atoms with Gasteiger partial charge < -0.3 is 11.1 Å². The van der Waals surface area contributed by atoms with Gasteiger partial charge in [0.2, 0.25) is 0 Å². The molecule has 1 amide bonds. The molecule has 1 aromatic rings. The number of nitrogens with two attached hydrogens (primary N) is 1. The number of hydrogen-bond donors (Lipinski definition) is 2.